The summed E-state index contributed by atoms with van der Waals surface area (Å²) >= 11 is 6.19. The molecule has 0 aliphatic rings. The predicted octanol–water partition coefficient (Wildman–Crippen LogP) is 3.92. The maximum absolute atomic E-state index is 11.9. The molecule has 2 aromatic carbocycles. The second kappa shape index (κ2) is 11.8. The van der Waals surface area contributed by atoms with E-state index in [0.29, 0.717) is 18.7 Å². The molecule has 5 nitrogen and oxygen atoms in total. The maximum Gasteiger partial charge on any atom is 0.253 e. The number of halogens is 2. The monoisotopic (exact) mass is 500 g/mol. The molecule has 27 heavy (non-hydrogen) atoms. The first-order valence-electron chi connectivity index (χ1n) is 8.57. The molecule has 2 N–H and O–H groups in total. The van der Waals surface area contributed by atoms with E-state index in [1.165, 1.54) is 0 Å². The third kappa shape index (κ3) is 7.38. The molecule has 0 fully saturated rings. The number of guanidine groups is 1. The predicted molar refractivity (Wildman–Crippen MR) is 123 cm³/mol. The number of nitrogens with zero attached hydrogens (tertiary/aromatic N) is 2. The summed E-state index contributed by atoms with van der Waals surface area (Å²) in [5.41, 5.74) is 2.73. The number of carbonyl (C=O) groups excluding carboxylic acids is 1. The molecular weight excluding hydrogens is 475 g/mol. The molecule has 0 radical (unpaired) electrons. The van der Waals surface area contributed by atoms with Crippen LogP contribution in [-0.4, -0.2) is 37.4 Å². The third-order valence-corrected chi connectivity index (χ3v) is 4.14. The largest absolute Gasteiger partial charge is 0.357 e. The first kappa shape index (κ1) is 23.2. The highest BCUT2D eigenvalue weighted by atomic mass is 127. The zero-order valence-electron chi connectivity index (χ0n) is 15.8. The minimum Gasteiger partial charge on any atom is -0.357 e. The number of aliphatic imine (C=N–C) groups is 1. The van der Waals surface area contributed by atoms with Gasteiger partial charge in [0.2, 0.25) is 0 Å². The van der Waals surface area contributed by atoms with Crippen LogP contribution in [0.3, 0.4) is 0 Å². The Bertz CT molecular complexity index is 763. The van der Waals surface area contributed by atoms with Gasteiger partial charge in [-0.2, -0.15) is 0 Å². The minimum absolute atomic E-state index is 0. The zero-order chi connectivity index (χ0) is 18.9. The Balaban J connectivity index is 0.00000364. The summed E-state index contributed by atoms with van der Waals surface area (Å²) in [7, 11) is 3.49. The van der Waals surface area contributed by atoms with Gasteiger partial charge in [0, 0.05) is 37.8 Å². The van der Waals surface area contributed by atoms with Crippen LogP contribution in [0.1, 0.15) is 28.4 Å². The average molecular weight is 501 g/mol. The van der Waals surface area contributed by atoms with Gasteiger partial charge in [-0.05, 0) is 36.2 Å². The van der Waals surface area contributed by atoms with Crippen LogP contribution in [-0.2, 0) is 13.1 Å². The lowest BCUT2D eigenvalue weighted by atomic mass is 10.1. The normalized spacial score (nSPS) is 10.7. The summed E-state index contributed by atoms with van der Waals surface area (Å²) in [6.07, 6.45) is 0. The van der Waals surface area contributed by atoms with Crippen molar-refractivity contribution in [2.24, 2.45) is 4.99 Å². The van der Waals surface area contributed by atoms with Crippen LogP contribution in [0.25, 0.3) is 0 Å². The molecule has 0 heterocycles. The number of carbonyl (C=O) groups is 1. The smallest absolute Gasteiger partial charge is 0.253 e. The standard InChI is InChI=1S/C20H25ClN4O.HI/c1-4-22-20(24-14-17-7-5-6-8-18(17)21)23-13-15-9-11-16(12-10-15)19(26)25(2)3;/h5-12H,4,13-14H2,1-3H3,(H2,22,23,24);1H. The van der Waals surface area contributed by atoms with Crippen LogP contribution < -0.4 is 10.6 Å². The fourth-order valence-electron chi connectivity index (χ4n) is 2.34. The van der Waals surface area contributed by atoms with Crippen molar-refractivity contribution < 1.29 is 4.79 Å². The second-order valence-electron chi connectivity index (χ2n) is 6.04. The lowest BCUT2D eigenvalue weighted by Crippen LogP contribution is -2.36. The van der Waals surface area contributed by atoms with Gasteiger partial charge in [-0.15, -0.1) is 24.0 Å². The molecule has 0 aromatic heterocycles. The van der Waals surface area contributed by atoms with Crippen LogP contribution in [0.4, 0.5) is 0 Å². The number of hydrogen-bond donors (Lipinski definition) is 2. The number of nitrogens with one attached hydrogen (secondary N) is 2. The van der Waals surface area contributed by atoms with Crippen LogP contribution >= 0.6 is 35.6 Å². The Morgan fingerprint density at radius 3 is 2.33 bits per heavy atom. The van der Waals surface area contributed by atoms with E-state index >= 15 is 0 Å². The molecule has 0 saturated carbocycles. The van der Waals surface area contributed by atoms with Crippen molar-refractivity contribution in [1.82, 2.24) is 15.5 Å². The van der Waals surface area contributed by atoms with E-state index in [9.17, 15) is 4.79 Å². The number of rotatable bonds is 6. The maximum atomic E-state index is 11.9. The molecule has 0 bridgehead atoms. The minimum atomic E-state index is -0.00482. The molecule has 0 aliphatic carbocycles. The van der Waals surface area contributed by atoms with Gasteiger partial charge in [-0.3, -0.25) is 4.79 Å². The topological polar surface area (TPSA) is 56.7 Å². The van der Waals surface area contributed by atoms with Crippen molar-refractivity contribution in [3.8, 4) is 0 Å². The molecule has 1 amide bonds. The van der Waals surface area contributed by atoms with Gasteiger partial charge in [0.15, 0.2) is 5.96 Å². The van der Waals surface area contributed by atoms with Crippen molar-refractivity contribution in [2.45, 2.75) is 20.0 Å². The van der Waals surface area contributed by atoms with Gasteiger partial charge in [0.1, 0.15) is 0 Å². The van der Waals surface area contributed by atoms with Gasteiger partial charge in [-0.1, -0.05) is 41.9 Å². The third-order valence-electron chi connectivity index (χ3n) is 3.78. The van der Waals surface area contributed by atoms with E-state index in [1.807, 2.05) is 55.5 Å². The van der Waals surface area contributed by atoms with E-state index in [1.54, 1.807) is 19.0 Å². The van der Waals surface area contributed by atoms with Gasteiger partial charge in [0.05, 0.1) is 6.54 Å². The van der Waals surface area contributed by atoms with Crippen LogP contribution in [0, 0.1) is 0 Å². The van der Waals surface area contributed by atoms with Crippen LogP contribution in [0.5, 0.6) is 0 Å². The van der Waals surface area contributed by atoms with Crippen molar-refractivity contribution >= 4 is 47.4 Å². The molecule has 146 valence electrons. The highest BCUT2D eigenvalue weighted by Gasteiger charge is 2.07. The Kier molecular flexibility index (Phi) is 10.2. The average Bonchev–Trinajstić information content (AvgIpc) is 2.65. The van der Waals surface area contributed by atoms with Gasteiger partial charge < -0.3 is 15.5 Å². The van der Waals surface area contributed by atoms with E-state index in [4.69, 9.17) is 11.6 Å². The van der Waals surface area contributed by atoms with Crippen molar-refractivity contribution in [3.05, 3.63) is 70.2 Å². The van der Waals surface area contributed by atoms with Crippen molar-refractivity contribution in [1.29, 1.82) is 0 Å². The Hall–Kier alpha value is -1.80. The Morgan fingerprint density at radius 1 is 1.07 bits per heavy atom. The van der Waals surface area contributed by atoms with E-state index < -0.39 is 0 Å². The number of hydrogen-bond acceptors (Lipinski definition) is 2. The number of amides is 1. The molecule has 0 unspecified atom stereocenters. The fourth-order valence-corrected chi connectivity index (χ4v) is 2.55. The van der Waals surface area contributed by atoms with Crippen molar-refractivity contribution in [2.75, 3.05) is 20.6 Å². The van der Waals surface area contributed by atoms with Crippen LogP contribution in [0.15, 0.2) is 53.5 Å². The first-order valence-corrected chi connectivity index (χ1v) is 8.95. The number of benzene rings is 2. The summed E-state index contributed by atoms with van der Waals surface area (Å²) in [5, 5.41) is 7.24. The molecule has 0 atom stereocenters. The molecule has 0 aliphatic heterocycles. The van der Waals surface area contributed by atoms with Crippen molar-refractivity contribution in [3.63, 3.8) is 0 Å². The summed E-state index contributed by atoms with van der Waals surface area (Å²) in [5.74, 6) is 0.718. The van der Waals surface area contributed by atoms with E-state index in [0.717, 1.165) is 28.7 Å². The molecule has 2 aromatic rings. The quantitative estimate of drug-likeness (QED) is 0.359. The molecular formula is C20H26ClIN4O. The lowest BCUT2D eigenvalue weighted by molar-refractivity contribution is 0.0827. The van der Waals surface area contributed by atoms with E-state index in [-0.39, 0.29) is 29.9 Å². The fraction of sp³-hybridized carbons (Fsp3) is 0.300. The Labute approximate surface area is 183 Å². The van der Waals surface area contributed by atoms with Gasteiger partial charge in [0.25, 0.3) is 5.91 Å². The highest BCUT2D eigenvalue weighted by Crippen LogP contribution is 2.14. The zero-order valence-corrected chi connectivity index (χ0v) is 18.9. The first-order chi connectivity index (χ1) is 12.5. The van der Waals surface area contributed by atoms with Gasteiger partial charge in [-0.25, -0.2) is 4.99 Å². The SMILES string of the molecule is CCNC(=NCc1ccc(C(=O)N(C)C)cc1)NCc1ccccc1Cl.I. The second-order valence-corrected chi connectivity index (χ2v) is 6.44. The van der Waals surface area contributed by atoms with E-state index in [2.05, 4.69) is 15.6 Å². The van der Waals surface area contributed by atoms with Crippen LogP contribution in [0.2, 0.25) is 5.02 Å². The summed E-state index contributed by atoms with van der Waals surface area (Å²) in [6, 6.07) is 15.3. The molecule has 2 rings (SSSR count). The highest BCUT2D eigenvalue weighted by molar-refractivity contribution is 14.0. The lowest BCUT2D eigenvalue weighted by Gasteiger charge is -2.12. The van der Waals surface area contributed by atoms with Gasteiger partial charge >= 0.3 is 0 Å². The Morgan fingerprint density at radius 2 is 1.74 bits per heavy atom. The summed E-state index contributed by atoms with van der Waals surface area (Å²) < 4.78 is 0. The molecule has 0 saturated heterocycles. The summed E-state index contributed by atoms with van der Waals surface area (Å²) in [4.78, 5) is 18.1. The summed E-state index contributed by atoms with van der Waals surface area (Å²) in [6.45, 7) is 3.91. The molecule has 0 spiro atoms. The molecule has 7 heteroatoms.